The van der Waals surface area contributed by atoms with E-state index in [1.165, 1.54) is 16.7 Å². The number of likely N-dealkylation sites (N-methyl/N-ethyl adjacent to an activating group) is 1. The molecule has 0 aromatic carbocycles. The fourth-order valence-electron chi connectivity index (χ4n) is 3.53. The number of nitrogens with zero attached hydrogens (tertiary/aromatic N) is 5. The number of hydrogen-bond acceptors (Lipinski definition) is 5. The molecule has 0 saturated heterocycles. The summed E-state index contributed by atoms with van der Waals surface area (Å²) in [5, 5.41) is 0. The molecule has 0 spiro atoms. The van der Waals surface area contributed by atoms with E-state index in [1.54, 1.807) is 0 Å². The molecule has 0 saturated carbocycles. The van der Waals surface area contributed by atoms with Crippen molar-refractivity contribution in [3.05, 3.63) is 88.8 Å². The zero-order chi connectivity index (χ0) is 21.3. The molecule has 0 bridgehead atoms. The maximum absolute atomic E-state index is 4.62. The molecule has 0 N–H and O–H groups in total. The van der Waals surface area contributed by atoms with Crippen molar-refractivity contribution in [2.45, 2.75) is 47.3 Å². The van der Waals surface area contributed by atoms with Gasteiger partial charge in [0, 0.05) is 51.3 Å². The number of rotatable bonds is 10. The Morgan fingerprint density at radius 3 is 1.33 bits per heavy atom. The zero-order valence-electron chi connectivity index (χ0n) is 18.7. The highest BCUT2D eigenvalue weighted by atomic mass is 15.2. The van der Waals surface area contributed by atoms with E-state index in [1.807, 2.05) is 36.8 Å². The van der Waals surface area contributed by atoms with Crippen LogP contribution in [0.25, 0.3) is 0 Å². The van der Waals surface area contributed by atoms with Crippen LogP contribution in [-0.2, 0) is 19.6 Å². The van der Waals surface area contributed by atoms with Crippen molar-refractivity contribution in [3.63, 3.8) is 0 Å². The number of aromatic nitrogens is 3. The third-order valence-electron chi connectivity index (χ3n) is 5.65. The second-order valence-electron chi connectivity index (χ2n) is 7.88. The van der Waals surface area contributed by atoms with Crippen LogP contribution < -0.4 is 0 Å². The maximum atomic E-state index is 4.62. The summed E-state index contributed by atoms with van der Waals surface area (Å²) in [7, 11) is 0. The largest absolute Gasteiger partial charge is 0.297 e. The maximum Gasteiger partial charge on any atom is 0.0573 e. The highest BCUT2D eigenvalue weighted by Gasteiger charge is 2.14. The first-order valence-corrected chi connectivity index (χ1v) is 10.7. The second-order valence-corrected chi connectivity index (χ2v) is 7.88. The first-order chi connectivity index (χ1) is 14.6. The van der Waals surface area contributed by atoms with Crippen molar-refractivity contribution in [2.24, 2.45) is 0 Å². The topological polar surface area (TPSA) is 45.2 Å². The molecule has 0 unspecified atom stereocenters. The van der Waals surface area contributed by atoms with Crippen molar-refractivity contribution >= 4 is 0 Å². The molecule has 30 heavy (non-hydrogen) atoms. The third kappa shape index (κ3) is 6.18. The van der Waals surface area contributed by atoms with Gasteiger partial charge in [0.1, 0.15) is 0 Å². The lowest BCUT2D eigenvalue weighted by Gasteiger charge is -2.27. The average Bonchev–Trinajstić information content (AvgIpc) is 2.75. The van der Waals surface area contributed by atoms with Gasteiger partial charge < -0.3 is 0 Å². The van der Waals surface area contributed by atoms with Crippen LogP contribution in [0.1, 0.15) is 40.7 Å². The molecule has 0 amide bonds. The van der Waals surface area contributed by atoms with E-state index in [0.29, 0.717) is 0 Å². The van der Waals surface area contributed by atoms with Crippen molar-refractivity contribution in [1.82, 2.24) is 24.8 Å². The summed E-state index contributed by atoms with van der Waals surface area (Å²) < 4.78 is 0. The minimum atomic E-state index is 0.822. The number of pyridine rings is 3. The molecule has 0 aliphatic carbocycles. The van der Waals surface area contributed by atoms with Crippen LogP contribution in [0.2, 0.25) is 0 Å². The van der Waals surface area contributed by atoms with Gasteiger partial charge in [-0.3, -0.25) is 24.8 Å². The van der Waals surface area contributed by atoms with Crippen LogP contribution >= 0.6 is 0 Å². The molecular formula is C25H33N5. The molecular weight excluding hydrogens is 370 g/mol. The molecule has 3 heterocycles. The molecule has 5 nitrogen and oxygen atoms in total. The molecule has 3 aromatic rings. The fourth-order valence-corrected chi connectivity index (χ4v) is 3.53. The van der Waals surface area contributed by atoms with Crippen molar-refractivity contribution in [3.8, 4) is 0 Å². The van der Waals surface area contributed by atoms with Crippen molar-refractivity contribution in [2.75, 3.05) is 19.6 Å². The Morgan fingerprint density at radius 2 is 0.967 bits per heavy atom. The normalized spacial score (nSPS) is 11.4. The molecule has 5 heteroatoms. The summed E-state index contributed by atoms with van der Waals surface area (Å²) in [6.45, 7) is 14.1. The lowest BCUT2D eigenvalue weighted by Crippen LogP contribution is -2.35. The van der Waals surface area contributed by atoms with E-state index >= 15 is 0 Å². The molecule has 0 fully saturated rings. The van der Waals surface area contributed by atoms with E-state index in [-0.39, 0.29) is 0 Å². The fraction of sp³-hybridized carbons (Fsp3) is 0.400. The van der Waals surface area contributed by atoms with Crippen LogP contribution in [0.5, 0.6) is 0 Å². The van der Waals surface area contributed by atoms with E-state index in [4.69, 9.17) is 0 Å². The lowest BCUT2D eigenvalue weighted by atomic mass is 10.1. The number of hydrogen-bond donors (Lipinski definition) is 0. The summed E-state index contributed by atoms with van der Waals surface area (Å²) in [4.78, 5) is 18.7. The first kappa shape index (κ1) is 22.1. The molecule has 3 rings (SSSR count). The van der Waals surface area contributed by atoms with Gasteiger partial charge in [0.25, 0.3) is 0 Å². The SMILES string of the molecule is CCN(CCN(Cc1ncccc1C)Cc1ncccc1C)Cc1ncccc1C. The van der Waals surface area contributed by atoms with Crippen LogP contribution in [0.3, 0.4) is 0 Å². The van der Waals surface area contributed by atoms with Crippen molar-refractivity contribution < 1.29 is 0 Å². The van der Waals surface area contributed by atoms with Crippen LogP contribution in [0.4, 0.5) is 0 Å². The lowest BCUT2D eigenvalue weighted by molar-refractivity contribution is 0.188. The van der Waals surface area contributed by atoms with Gasteiger partial charge >= 0.3 is 0 Å². The Kier molecular flexibility index (Phi) is 8.05. The number of aryl methyl sites for hydroxylation is 3. The van der Waals surface area contributed by atoms with Gasteiger partial charge in [-0.15, -0.1) is 0 Å². The second kappa shape index (κ2) is 11.0. The summed E-state index contributed by atoms with van der Waals surface area (Å²) in [5.41, 5.74) is 7.14. The molecule has 0 radical (unpaired) electrons. The Labute approximate surface area is 180 Å². The van der Waals surface area contributed by atoms with E-state index in [9.17, 15) is 0 Å². The highest BCUT2D eigenvalue weighted by Crippen LogP contribution is 2.14. The smallest absolute Gasteiger partial charge is 0.0573 e. The summed E-state index contributed by atoms with van der Waals surface area (Å²) in [6, 6.07) is 12.4. The predicted octanol–water partition coefficient (Wildman–Crippen LogP) is 4.32. The summed E-state index contributed by atoms with van der Waals surface area (Å²) in [5.74, 6) is 0. The minimum absolute atomic E-state index is 0.822. The van der Waals surface area contributed by atoms with Crippen molar-refractivity contribution in [1.29, 1.82) is 0 Å². The van der Waals surface area contributed by atoms with E-state index in [2.05, 4.69) is 70.6 Å². The predicted molar refractivity (Wildman–Crippen MR) is 122 cm³/mol. The Hall–Kier alpha value is -2.63. The van der Waals surface area contributed by atoms with E-state index in [0.717, 1.165) is 56.4 Å². The van der Waals surface area contributed by atoms with Crippen LogP contribution in [0.15, 0.2) is 55.0 Å². The van der Waals surface area contributed by atoms with Gasteiger partial charge in [0.15, 0.2) is 0 Å². The minimum Gasteiger partial charge on any atom is -0.297 e. The van der Waals surface area contributed by atoms with Crippen LogP contribution in [-0.4, -0.2) is 44.4 Å². The Morgan fingerprint density at radius 1 is 0.600 bits per heavy atom. The Balaban J connectivity index is 1.71. The summed E-state index contributed by atoms with van der Waals surface area (Å²) in [6.07, 6.45) is 5.65. The third-order valence-corrected chi connectivity index (χ3v) is 5.65. The molecule has 158 valence electrons. The average molecular weight is 404 g/mol. The molecule has 0 aliphatic rings. The molecule has 3 aromatic heterocycles. The highest BCUT2D eigenvalue weighted by molar-refractivity contribution is 5.20. The molecule has 0 atom stereocenters. The first-order valence-electron chi connectivity index (χ1n) is 10.7. The van der Waals surface area contributed by atoms with Gasteiger partial charge in [-0.1, -0.05) is 25.1 Å². The zero-order valence-corrected chi connectivity index (χ0v) is 18.7. The quantitative estimate of drug-likeness (QED) is 0.504. The van der Waals surface area contributed by atoms with Crippen LogP contribution in [0, 0.1) is 20.8 Å². The molecule has 0 aliphatic heterocycles. The van der Waals surface area contributed by atoms with E-state index < -0.39 is 0 Å². The standard InChI is InChI=1S/C25H33N5/c1-5-29(17-23-20(2)9-6-12-26-23)15-16-30(18-24-21(3)10-7-13-27-24)19-25-22(4)11-8-14-28-25/h6-14H,5,15-19H2,1-4H3. The van der Waals surface area contributed by atoms with Gasteiger partial charge in [-0.05, 0) is 62.2 Å². The monoisotopic (exact) mass is 403 g/mol. The summed E-state index contributed by atoms with van der Waals surface area (Å²) >= 11 is 0. The Bertz CT molecular complexity index is 893. The van der Waals surface area contributed by atoms with Gasteiger partial charge in [-0.25, -0.2) is 0 Å². The van der Waals surface area contributed by atoms with Gasteiger partial charge in [0.05, 0.1) is 17.1 Å². The van der Waals surface area contributed by atoms with Gasteiger partial charge in [0.2, 0.25) is 0 Å². The van der Waals surface area contributed by atoms with Gasteiger partial charge in [-0.2, -0.15) is 0 Å².